The third kappa shape index (κ3) is 1.29. The molecule has 4 heteroatoms. The molecule has 0 amide bonds. The maximum absolute atomic E-state index is 11.9. The van der Waals surface area contributed by atoms with Crippen LogP contribution < -0.4 is 5.32 Å². The van der Waals surface area contributed by atoms with Gasteiger partial charge in [-0.25, -0.2) is 4.98 Å². The summed E-state index contributed by atoms with van der Waals surface area (Å²) in [5, 5.41) is 5.22. The molecular weight excluding hydrogens is 196 g/mol. The average molecular weight is 208 g/mol. The Balaban J connectivity index is 1.74. The molecule has 74 valence electrons. The predicted octanol–water partition coefficient (Wildman–Crippen LogP) is 1.47. The number of rotatable bonds is 2. The number of ketones is 1. The first-order valence-corrected chi connectivity index (χ1v) is 5.95. The van der Waals surface area contributed by atoms with Crippen molar-refractivity contribution in [1.82, 2.24) is 10.3 Å². The highest BCUT2D eigenvalue weighted by Gasteiger charge is 2.40. The molecule has 2 aliphatic heterocycles. The largest absolute Gasteiger partial charge is 0.304 e. The number of thiazole rings is 1. The Morgan fingerprint density at radius 1 is 1.50 bits per heavy atom. The van der Waals surface area contributed by atoms with Crippen LogP contribution in [0, 0.1) is 5.92 Å². The van der Waals surface area contributed by atoms with E-state index in [1.165, 1.54) is 24.2 Å². The molecule has 1 unspecified atom stereocenters. The normalized spacial score (nSPS) is 35.0. The second kappa shape index (κ2) is 3.14. The monoisotopic (exact) mass is 208 g/mol. The van der Waals surface area contributed by atoms with Crippen LogP contribution in [0.15, 0.2) is 10.9 Å². The van der Waals surface area contributed by atoms with Crippen LogP contribution in [0.3, 0.4) is 0 Å². The first-order valence-electron chi connectivity index (χ1n) is 5.01. The van der Waals surface area contributed by atoms with E-state index in [-0.39, 0.29) is 11.8 Å². The van der Waals surface area contributed by atoms with Crippen molar-refractivity contribution >= 4 is 17.1 Å². The molecule has 3 nitrogen and oxygen atoms in total. The highest BCUT2D eigenvalue weighted by Crippen LogP contribution is 2.37. The smallest absolute Gasteiger partial charge is 0.198 e. The molecule has 1 N–H and O–H groups in total. The van der Waals surface area contributed by atoms with Crippen LogP contribution in [-0.4, -0.2) is 22.9 Å². The second-order valence-electron chi connectivity index (χ2n) is 4.23. The van der Waals surface area contributed by atoms with E-state index in [9.17, 15) is 4.79 Å². The van der Waals surface area contributed by atoms with Crippen LogP contribution in [0.5, 0.6) is 0 Å². The quantitative estimate of drug-likeness (QED) is 0.748. The molecule has 3 fully saturated rings. The van der Waals surface area contributed by atoms with Crippen molar-refractivity contribution in [2.24, 2.45) is 5.92 Å². The lowest BCUT2D eigenvalue weighted by atomic mass is 9.71. The lowest BCUT2D eigenvalue weighted by Crippen LogP contribution is -2.56. The number of nitrogens with one attached hydrogen (secondary N) is 1. The fourth-order valence-corrected chi connectivity index (χ4v) is 2.99. The van der Waals surface area contributed by atoms with Crippen LogP contribution in [0.1, 0.15) is 29.8 Å². The van der Waals surface area contributed by atoms with E-state index >= 15 is 0 Å². The summed E-state index contributed by atoms with van der Waals surface area (Å²) >= 11 is 1.48. The minimum absolute atomic E-state index is 0.0367. The zero-order valence-electron chi connectivity index (χ0n) is 7.77. The Kier molecular flexibility index (Phi) is 1.92. The van der Waals surface area contributed by atoms with E-state index in [1.807, 2.05) is 5.38 Å². The van der Waals surface area contributed by atoms with Gasteiger partial charge in [-0.2, -0.15) is 0 Å². The third-order valence-corrected chi connectivity index (χ3v) is 3.83. The van der Waals surface area contributed by atoms with Gasteiger partial charge in [-0.05, 0) is 25.2 Å². The number of carbonyl (C=O) groups excluding carboxylic acids is 1. The van der Waals surface area contributed by atoms with Gasteiger partial charge >= 0.3 is 0 Å². The van der Waals surface area contributed by atoms with E-state index in [0.29, 0.717) is 11.7 Å². The van der Waals surface area contributed by atoms with Gasteiger partial charge < -0.3 is 5.32 Å². The molecule has 3 heterocycles. The lowest BCUT2D eigenvalue weighted by Gasteiger charge is -2.45. The number of Topliss-reactive ketones (excluding diaryl/α,β-unsaturated/α-hetero) is 1. The van der Waals surface area contributed by atoms with Crippen molar-refractivity contribution in [2.75, 3.05) is 0 Å². The van der Waals surface area contributed by atoms with Gasteiger partial charge in [0.25, 0.3) is 0 Å². The zero-order valence-corrected chi connectivity index (χ0v) is 8.59. The summed E-state index contributed by atoms with van der Waals surface area (Å²) in [6, 6.07) is 0.635. The maximum atomic E-state index is 11.9. The van der Waals surface area contributed by atoms with Crippen molar-refractivity contribution in [1.29, 1.82) is 0 Å². The van der Waals surface area contributed by atoms with Gasteiger partial charge in [-0.1, -0.05) is 0 Å². The van der Waals surface area contributed by atoms with Crippen molar-refractivity contribution in [3.63, 3.8) is 0 Å². The van der Waals surface area contributed by atoms with Crippen molar-refractivity contribution in [3.8, 4) is 0 Å². The number of hydrogen-bond donors (Lipinski definition) is 1. The standard InChI is InChI=1S/C10H12N2OS/c13-10(9-4-14-5-11-9)8-3-6-1-7(2-6)12-8/h4-8,12H,1-3H2. The Morgan fingerprint density at radius 2 is 2.36 bits per heavy atom. The molecule has 1 aliphatic carbocycles. The fourth-order valence-electron chi connectivity index (χ4n) is 2.45. The SMILES string of the molecule is O=C(c1cscn1)C1CC2CC(C2)N1. The minimum Gasteiger partial charge on any atom is -0.304 e. The summed E-state index contributed by atoms with van der Waals surface area (Å²) in [6.45, 7) is 0. The van der Waals surface area contributed by atoms with Gasteiger partial charge in [0.15, 0.2) is 5.78 Å². The average Bonchev–Trinajstić information content (AvgIpc) is 2.68. The van der Waals surface area contributed by atoms with Crippen LogP contribution in [0.2, 0.25) is 0 Å². The Morgan fingerprint density at radius 3 is 2.93 bits per heavy atom. The highest BCUT2D eigenvalue weighted by molar-refractivity contribution is 7.07. The molecule has 1 aromatic heterocycles. The lowest BCUT2D eigenvalue weighted by molar-refractivity contribution is 0.0735. The number of fused-ring (bicyclic) bond motifs is 2. The molecule has 0 spiro atoms. The van der Waals surface area contributed by atoms with Crippen LogP contribution >= 0.6 is 11.3 Å². The summed E-state index contributed by atoms with van der Waals surface area (Å²) in [7, 11) is 0. The summed E-state index contributed by atoms with van der Waals surface area (Å²) in [5.41, 5.74) is 2.35. The molecule has 14 heavy (non-hydrogen) atoms. The summed E-state index contributed by atoms with van der Waals surface area (Å²) < 4.78 is 0. The molecule has 2 bridgehead atoms. The van der Waals surface area contributed by atoms with Gasteiger partial charge in [-0.15, -0.1) is 11.3 Å². The number of nitrogens with zero attached hydrogens (tertiary/aromatic N) is 1. The first kappa shape index (κ1) is 8.56. The van der Waals surface area contributed by atoms with Crippen LogP contribution in [-0.2, 0) is 0 Å². The first-order chi connectivity index (χ1) is 6.83. The van der Waals surface area contributed by atoms with Gasteiger partial charge in [0, 0.05) is 11.4 Å². The minimum atomic E-state index is 0.0367. The predicted molar refractivity (Wildman–Crippen MR) is 54.5 cm³/mol. The summed E-state index contributed by atoms with van der Waals surface area (Å²) in [4.78, 5) is 16.0. The van der Waals surface area contributed by atoms with Crippen molar-refractivity contribution in [3.05, 3.63) is 16.6 Å². The van der Waals surface area contributed by atoms with E-state index in [0.717, 1.165) is 12.3 Å². The number of hydrogen-bond acceptors (Lipinski definition) is 4. The van der Waals surface area contributed by atoms with E-state index in [2.05, 4.69) is 10.3 Å². The summed E-state index contributed by atoms with van der Waals surface area (Å²) in [5.74, 6) is 0.967. The number of aromatic nitrogens is 1. The summed E-state index contributed by atoms with van der Waals surface area (Å²) in [6.07, 6.45) is 3.54. The topological polar surface area (TPSA) is 42.0 Å². The Labute approximate surface area is 86.5 Å². The number of carbonyl (C=O) groups is 1. The molecule has 3 aliphatic rings. The van der Waals surface area contributed by atoms with Gasteiger partial charge in [0.2, 0.25) is 0 Å². The molecule has 1 aromatic rings. The molecule has 2 saturated heterocycles. The Hall–Kier alpha value is -0.740. The molecule has 0 aromatic carbocycles. The molecule has 4 rings (SSSR count). The van der Waals surface area contributed by atoms with Gasteiger partial charge in [0.1, 0.15) is 5.69 Å². The van der Waals surface area contributed by atoms with Gasteiger partial charge in [0.05, 0.1) is 11.6 Å². The Bertz CT molecular complexity index is 333. The van der Waals surface area contributed by atoms with Gasteiger partial charge in [-0.3, -0.25) is 4.79 Å². The van der Waals surface area contributed by atoms with Crippen LogP contribution in [0.25, 0.3) is 0 Å². The highest BCUT2D eigenvalue weighted by atomic mass is 32.1. The zero-order chi connectivity index (χ0) is 9.54. The van der Waals surface area contributed by atoms with E-state index in [1.54, 1.807) is 5.51 Å². The van der Waals surface area contributed by atoms with Crippen molar-refractivity contribution < 1.29 is 4.79 Å². The second-order valence-corrected chi connectivity index (χ2v) is 4.95. The molecule has 0 radical (unpaired) electrons. The number of piperidine rings is 2. The van der Waals surface area contributed by atoms with Crippen molar-refractivity contribution in [2.45, 2.75) is 31.3 Å². The molecule has 1 saturated carbocycles. The van der Waals surface area contributed by atoms with E-state index in [4.69, 9.17) is 0 Å². The van der Waals surface area contributed by atoms with E-state index < -0.39 is 0 Å². The molecular formula is C10H12N2OS. The third-order valence-electron chi connectivity index (χ3n) is 3.24. The fraction of sp³-hybridized carbons (Fsp3) is 0.600. The maximum Gasteiger partial charge on any atom is 0.198 e. The molecule has 1 atom stereocenters. The van der Waals surface area contributed by atoms with Crippen LogP contribution in [0.4, 0.5) is 0 Å².